The van der Waals surface area contributed by atoms with Gasteiger partial charge in [0.05, 0.1) is 0 Å². The molecule has 1 aromatic rings. The van der Waals surface area contributed by atoms with E-state index in [2.05, 4.69) is 24.4 Å². The Hall–Kier alpha value is -1.36. The highest BCUT2D eigenvalue weighted by molar-refractivity contribution is 7.12. The van der Waals surface area contributed by atoms with E-state index in [9.17, 15) is 4.79 Å². The standard InChI is InChI=1S/C13H17N3OS/c1-2-9-5-6-10(18-9)11-12(14)15-13(17)16(11)7-8-3-4-8/h5-6,8,11H,2-4,7H2,1H3,(H2,14,15,17). The number of aryl methyl sites for hydroxylation is 1. The van der Waals surface area contributed by atoms with Crippen molar-refractivity contribution < 1.29 is 4.79 Å². The first-order valence-corrected chi connectivity index (χ1v) is 7.25. The summed E-state index contributed by atoms with van der Waals surface area (Å²) in [5.41, 5.74) is 0. The lowest BCUT2D eigenvalue weighted by Crippen LogP contribution is -2.31. The first-order valence-electron chi connectivity index (χ1n) is 6.43. The maximum atomic E-state index is 11.9. The number of hydrogen-bond donors (Lipinski definition) is 2. The molecule has 1 aromatic heterocycles. The zero-order valence-corrected chi connectivity index (χ0v) is 11.2. The SMILES string of the molecule is CCc1ccc(C2C(=N)NC(=O)N2CC2CC2)s1. The van der Waals surface area contributed by atoms with Crippen molar-refractivity contribution >= 4 is 23.2 Å². The topological polar surface area (TPSA) is 56.2 Å². The fourth-order valence-electron chi connectivity index (χ4n) is 2.32. The summed E-state index contributed by atoms with van der Waals surface area (Å²) in [6.07, 6.45) is 3.44. The van der Waals surface area contributed by atoms with Crippen molar-refractivity contribution in [3.8, 4) is 0 Å². The summed E-state index contributed by atoms with van der Waals surface area (Å²) in [5, 5.41) is 10.6. The second-order valence-electron chi connectivity index (χ2n) is 5.00. The molecule has 1 aliphatic heterocycles. The largest absolute Gasteiger partial charge is 0.323 e. The Kier molecular flexibility index (Phi) is 2.86. The molecule has 0 aromatic carbocycles. The fourth-order valence-corrected chi connectivity index (χ4v) is 3.40. The van der Waals surface area contributed by atoms with E-state index in [4.69, 9.17) is 5.41 Å². The number of hydrogen-bond acceptors (Lipinski definition) is 3. The maximum absolute atomic E-state index is 11.9. The van der Waals surface area contributed by atoms with Crippen LogP contribution in [0.5, 0.6) is 0 Å². The zero-order valence-electron chi connectivity index (χ0n) is 10.4. The van der Waals surface area contributed by atoms with Crippen molar-refractivity contribution in [3.05, 3.63) is 21.9 Å². The van der Waals surface area contributed by atoms with Gasteiger partial charge in [-0.2, -0.15) is 0 Å². The van der Waals surface area contributed by atoms with E-state index < -0.39 is 0 Å². The highest BCUT2D eigenvalue weighted by atomic mass is 32.1. The smallest absolute Gasteiger partial charge is 0.309 e. The van der Waals surface area contributed by atoms with Crippen LogP contribution in [0.4, 0.5) is 4.79 Å². The number of thiophene rings is 1. The van der Waals surface area contributed by atoms with Gasteiger partial charge in [0.2, 0.25) is 0 Å². The number of nitrogens with one attached hydrogen (secondary N) is 2. The monoisotopic (exact) mass is 263 g/mol. The summed E-state index contributed by atoms with van der Waals surface area (Å²) >= 11 is 1.71. The van der Waals surface area contributed by atoms with Gasteiger partial charge in [-0.05, 0) is 37.3 Å². The third-order valence-electron chi connectivity index (χ3n) is 3.54. The van der Waals surface area contributed by atoms with Crippen molar-refractivity contribution in [2.24, 2.45) is 5.92 Å². The molecule has 0 bridgehead atoms. The molecule has 1 unspecified atom stereocenters. The number of rotatable bonds is 4. The molecule has 0 radical (unpaired) electrons. The van der Waals surface area contributed by atoms with E-state index in [0.29, 0.717) is 11.8 Å². The van der Waals surface area contributed by atoms with Gasteiger partial charge in [0.1, 0.15) is 11.9 Å². The quantitative estimate of drug-likeness (QED) is 0.862. The highest BCUT2D eigenvalue weighted by Gasteiger charge is 2.40. The molecule has 2 amide bonds. The minimum absolute atomic E-state index is 0.108. The predicted octanol–water partition coefficient (Wildman–Crippen LogP) is 2.76. The Labute approximate surface area is 111 Å². The highest BCUT2D eigenvalue weighted by Crippen LogP contribution is 2.36. The van der Waals surface area contributed by atoms with Gasteiger partial charge in [-0.3, -0.25) is 10.7 Å². The van der Waals surface area contributed by atoms with Crippen molar-refractivity contribution in [2.45, 2.75) is 32.2 Å². The maximum Gasteiger partial charge on any atom is 0.323 e. The second-order valence-corrected chi connectivity index (χ2v) is 6.20. The van der Waals surface area contributed by atoms with Gasteiger partial charge in [0.25, 0.3) is 0 Å². The molecule has 4 nitrogen and oxygen atoms in total. The molecule has 3 rings (SSSR count). The van der Waals surface area contributed by atoms with Gasteiger partial charge >= 0.3 is 6.03 Å². The molecule has 0 spiro atoms. The molecule has 5 heteroatoms. The van der Waals surface area contributed by atoms with Crippen molar-refractivity contribution in [1.29, 1.82) is 5.41 Å². The molecular weight excluding hydrogens is 246 g/mol. The summed E-state index contributed by atoms with van der Waals surface area (Å²) in [4.78, 5) is 16.1. The summed E-state index contributed by atoms with van der Waals surface area (Å²) in [5.74, 6) is 0.972. The molecule has 2 heterocycles. The van der Waals surface area contributed by atoms with E-state index in [-0.39, 0.29) is 12.1 Å². The first-order chi connectivity index (χ1) is 8.69. The number of carbonyl (C=O) groups excluding carboxylic acids is 1. The number of nitrogens with zero attached hydrogens (tertiary/aromatic N) is 1. The molecular formula is C13H17N3OS. The Morgan fingerprint density at radius 3 is 2.89 bits per heavy atom. The predicted molar refractivity (Wildman–Crippen MR) is 72.1 cm³/mol. The van der Waals surface area contributed by atoms with Crippen molar-refractivity contribution in [3.63, 3.8) is 0 Å². The Morgan fingerprint density at radius 2 is 2.28 bits per heavy atom. The van der Waals surface area contributed by atoms with E-state index in [0.717, 1.165) is 17.8 Å². The zero-order chi connectivity index (χ0) is 12.7. The minimum Gasteiger partial charge on any atom is -0.309 e. The van der Waals surface area contributed by atoms with Gasteiger partial charge in [0.15, 0.2) is 0 Å². The minimum atomic E-state index is -0.177. The van der Waals surface area contributed by atoms with Crippen LogP contribution >= 0.6 is 11.3 Å². The number of amidine groups is 1. The Bertz CT molecular complexity index is 492. The average Bonchev–Trinajstić information content (AvgIpc) is 2.96. The molecule has 1 atom stereocenters. The van der Waals surface area contributed by atoms with Crippen LogP contribution in [0.1, 0.15) is 35.6 Å². The average molecular weight is 263 g/mol. The lowest BCUT2D eigenvalue weighted by Gasteiger charge is -2.21. The third kappa shape index (κ3) is 2.03. The fraction of sp³-hybridized carbons (Fsp3) is 0.538. The molecule has 2 fully saturated rings. The van der Waals surface area contributed by atoms with Crippen LogP contribution in [0.2, 0.25) is 0 Å². The molecule has 96 valence electrons. The molecule has 18 heavy (non-hydrogen) atoms. The van der Waals surface area contributed by atoms with Gasteiger partial charge in [-0.1, -0.05) is 6.92 Å². The Balaban J connectivity index is 1.86. The van der Waals surface area contributed by atoms with Gasteiger partial charge in [-0.25, -0.2) is 4.79 Å². The van der Waals surface area contributed by atoms with Crippen LogP contribution in [-0.2, 0) is 6.42 Å². The number of carbonyl (C=O) groups is 1. The summed E-state index contributed by atoms with van der Waals surface area (Å²) < 4.78 is 0. The van der Waals surface area contributed by atoms with Crippen LogP contribution in [0, 0.1) is 11.3 Å². The van der Waals surface area contributed by atoms with Crippen LogP contribution in [0.3, 0.4) is 0 Å². The summed E-state index contributed by atoms with van der Waals surface area (Å²) in [6, 6.07) is 3.88. The van der Waals surface area contributed by atoms with Crippen molar-refractivity contribution in [1.82, 2.24) is 10.2 Å². The molecule has 1 aliphatic carbocycles. The van der Waals surface area contributed by atoms with Crippen LogP contribution in [0.15, 0.2) is 12.1 Å². The molecule has 1 saturated heterocycles. The summed E-state index contributed by atoms with van der Waals surface area (Å²) in [7, 11) is 0. The van der Waals surface area contributed by atoms with Gasteiger partial charge < -0.3 is 4.90 Å². The second kappa shape index (κ2) is 4.39. The van der Waals surface area contributed by atoms with Crippen LogP contribution < -0.4 is 5.32 Å². The third-order valence-corrected chi connectivity index (χ3v) is 4.82. The first kappa shape index (κ1) is 11.7. The van der Waals surface area contributed by atoms with E-state index in [1.54, 1.807) is 11.3 Å². The van der Waals surface area contributed by atoms with Gasteiger partial charge in [0, 0.05) is 16.3 Å². The lowest BCUT2D eigenvalue weighted by atomic mass is 10.2. The van der Waals surface area contributed by atoms with E-state index in [1.165, 1.54) is 17.7 Å². The lowest BCUT2D eigenvalue weighted by molar-refractivity contribution is 0.203. The van der Waals surface area contributed by atoms with E-state index in [1.807, 2.05) is 4.90 Å². The normalized spacial score (nSPS) is 23.6. The van der Waals surface area contributed by atoms with E-state index >= 15 is 0 Å². The van der Waals surface area contributed by atoms with Crippen LogP contribution in [0.25, 0.3) is 0 Å². The summed E-state index contributed by atoms with van der Waals surface area (Å²) in [6.45, 7) is 2.92. The molecule has 2 N–H and O–H groups in total. The number of urea groups is 1. The Morgan fingerprint density at radius 1 is 1.50 bits per heavy atom. The number of amides is 2. The molecule has 2 aliphatic rings. The van der Waals surface area contributed by atoms with Crippen molar-refractivity contribution in [2.75, 3.05) is 6.54 Å². The van der Waals surface area contributed by atoms with Crippen LogP contribution in [-0.4, -0.2) is 23.3 Å². The van der Waals surface area contributed by atoms with Gasteiger partial charge in [-0.15, -0.1) is 11.3 Å². The molecule has 1 saturated carbocycles.